The SMILES string of the molecule is Cn1nc(C(=O)O)cc1NC(=O)COCCNC(=O)OCC1c2ccccc2-c2ccccc21. The van der Waals surface area contributed by atoms with Gasteiger partial charge in [-0.3, -0.25) is 9.48 Å². The fraction of sp³-hybridized carbons (Fsp3) is 0.250. The standard InChI is InChI=1S/C24H24N4O6/c1-28-21(12-20(27-28)23(30)31)26-22(29)14-33-11-10-25-24(32)34-13-19-17-8-4-2-6-15(17)16-7-3-5-9-18(16)19/h2-9,12,19H,10-11,13-14H2,1H3,(H,25,32)(H,26,29)(H,30,31). The lowest BCUT2D eigenvalue weighted by atomic mass is 9.98. The predicted molar refractivity (Wildman–Crippen MR) is 123 cm³/mol. The van der Waals surface area contributed by atoms with E-state index in [0.717, 1.165) is 22.3 Å². The molecule has 0 saturated heterocycles. The number of anilines is 1. The summed E-state index contributed by atoms with van der Waals surface area (Å²) < 4.78 is 11.9. The molecule has 1 heterocycles. The fourth-order valence-electron chi connectivity index (χ4n) is 3.91. The number of amides is 2. The van der Waals surface area contributed by atoms with Crippen LogP contribution in [0.15, 0.2) is 54.6 Å². The second kappa shape index (κ2) is 10.2. The molecule has 10 heteroatoms. The van der Waals surface area contributed by atoms with Gasteiger partial charge in [-0.1, -0.05) is 48.5 Å². The highest BCUT2D eigenvalue weighted by Crippen LogP contribution is 2.44. The van der Waals surface area contributed by atoms with E-state index in [1.807, 2.05) is 36.4 Å². The summed E-state index contributed by atoms with van der Waals surface area (Å²) in [4.78, 5) is 35.0. The number of aryl methyl sites for hydroxylation is 1. The summed E-state index contributed by atoms with van der Waals surface area (Å²) in [6.07, 6.45) is -0.564. The number of hydrogen-bond acceptors (Lipinski definition) is 6. The number of carboxylic acids is 1. The summed E-state index contributed by atoms with van der Waals surface area (Å²) in [6.45, 7) is 0.217. The van der Waals surface area contributed by atoms with Crippen molar-refractivity contribution in [2.24, 2.45) is 7.05 Å². The minimum atomic E-state index is -1.19. The van der Waals surface area contributed by atoms with Gasteiger partial charge in [-0.15, -0.1) is 0 Å². The van der Waals surface area contributed by atoms with Gasteiger partial charge in [-0.05, 0) is 22.3 Å². The molecule has 10 nitrogen and oxygen atoms in total. The van der Waals surface area contributed by atoms with Crippen LogP contribution in [0.25, 0.3) is 11.1 Å². The Morgan fingerprint density at radius 1 is 1.06 bits per heavy atom. The zero-order valence-electron chi connectivity index (χ0n) is 18.5. The highest BCUT2D eigenvalue weighted by atomic mass is 16.5. The van der Waals surface area contributed by atoms with Crippen molar-refractivity contribution >= 4 is 23.8 Å². The Hall–Kier alpha value is -4.18. The minimum absolute atomic E-state index is 0.0215. The van der Waals surface area contributed by atoms with E-state index in [1.165, 1.54) is 17.8 Å². The Labute approximate surface area is 195 Å². The number of carboxylic acid groups (broad SMARTS) is 1. The lowest BCUT2D eigenvalue weighted by molar-refractivity contribution is -0.120. The van der Waals surface area contributed by atoms with Gasteiger partial charge in [-0.25, -0.2) is 9.59 Å². The number of carbonyl (C=O) groups excluding carboxylic acids is 2. The number of ether oxygens (including phenoxy) is 2. The van der Waals surface area contributed by atoms with Crippen LogP contribution in [0.1, 0.15) is 27.5 Å². The number of fused-ring (bicyclic) bond motifs is 3. The molecule has 176 valence electrons. The van der Waals surface area contributed by atoms with Gasteiger partial charge in [0.1, 0.15) is 19.0 Å². The van der Waals surface area contributed by atoms with Gasteiger partial charge in [0.25, 0.3) is 5.91 Å². The van der Waals surface area contributed by atoms with Crippen molar-refractivity contribution in [2.75, 3.05) is 31.7 Å². The molecule has 0 fully saturated rings. The molecule has 1 aliphatic carbocycles. The van der Waals surface area contributed by atoms with E-state index in [0.29, 0.717) is 0 Å². The van der Waals surface area contributed by atoms with Crippen LogP contribution in [0.3, 0.4) is 0 Å². The van der Waals surface area contributed by atoms with Crippen molar-refractivity contribution < 1.29 is 29.0 Å². The number of hydrogen-bond donors (Lipinski definition) is 3. The molecular weight excluding hydrogens is 440 g/mol. The monoisotopic (exact) mass is 464 g/mol. The van der Waals surface area contributed by atoms with Gasteiger partial charge in [0.15, 0.2) is 5.69 Å². The third kappa shape index (κ3) is 5.07. The molecule has 3 N–H and O–H groups in total. The molecule has 0 spiro atoms. The maximum Gasteiger partial charge on any atom is 0.407 e. The second-order valence-corrected chi connectivity index (χ2v) is 7.70. The molecule has 2 amide bonds. The third-order valence-electron chi connectivity index (χ3n) is 5.46. The Morgan fingerprint density at radius 3 is 2.32 bits per heavy atom. The average molecular weight is 464 g/mol. The van der Waals surface area contributed by atoms with Crippen LogP contribution in [0.2, 0.25) is 0 Å². The van der Waals surface area contributed by atoms with E-state index in [-0.39, 0.29) is 43.8 Å². The molecule has 0 saturated carbocycles. The summed E-state index contributed by atoms with van der Waals surface area (Å²) in [5.74, 6) is -1.44. The Kier molecular flexibility index (Phi) is 6.88. The highest BCUT2D eigenvalue weighted by molar-refractivity contribution is 5.93. The van der Waals surface area contributed by atoms with Gasteiger partial charge in [0.2, 0.25) is 0 Å². The fourth-order valence-corrected chi connectivity index (χ4v) is 3.91. The molecule has 4 rings (SSSR count). The topological polar surface area (TPSA) is 132 Å². The molecule has 0 atom stereocenters. The predicted octanol–water partition coefficient (Wildman–Crippen LogP) is 2.61. The van der Waals surface area contributed by atoms with Crippen LogP contribution in [0.5, 0.6) is 0 Å². The van der Waals surface area contributed by atoms with Crippen molar-refractivity contribution in [3.8, 4) is 11.1 Å². The molecule has 2 aromatic carbocycles. The van der Waals surface area contributed by atoms with Crippen LogP contribution in [0, 0.1) is 0 Å². The number of aromatic carboxylic acids is 1. The molecule has 3 aromatic rings. The lowest BCUT2D eigenvalue weighted by Gasteiger charge is -2.14. The zero-order valence-corrected chi connectivity index (χ0v) is 18.5. The van der Waals surface area contributed by atoms with Crippen LogP contribution in [-0.4, -0.2) is 59.2 Å². The van der Waals surface area contributed by atoms with E-state index in [4.69, 9.17) is 14.6 Å². The summed E-state index contributed by atoms with van der Waals surface area (Å²) in [6, 6.07) is 17.4. The third-order valence-corrected chi connectivity index (χ3v) is 5.46. The van der Waals surface area contributed by atoms with Crippen LogP contribution in [0.4, 0.5) is 10.6 Å². The van der Waals surface area contributed by atoms with E-state index >= 15 is 0 Å². The number of aromatic nitrogens is 2. The van der Waals surface area contributed by atoms with Gasteiger partial charge in [0, 0.05) is 25.6 Å². The summed E-state index contributed by atoms with van der Waals surface area (Å²) in [5, 5.41) is 17.8. The number of carbonyl (C=O) groups is 3. The number of alkyl carbamates (subject to hydrolysis) is 1. The van der Waals surface area contributed by atoms with Crippen LogP contribution in [-0.2, 0) is 21.3 Å². The van der Waals surface area contributed by atoms with Crippen molar-refractivity contribution in [3.63, 3.8) is 0 Å². The Bertz CT molecular complexity index is 1180. The maximum atomic E-state index is 12.1. The molecule has 34 heavy (non-hydrogen) atoms. The number of benzene rings is 2. The second-order valence-electron chi connectivity index (χ2n) is 7.70. The van der Waals surface area contributed by atoms with Crippen molar-refractivity contribution in [2.45, 2.75) is 5.92 Å². The molecule has 1 aliphatic rings. The molecule has 1 aromatic heterocycles. The maximum absolute atomic E-state index is 12.1. The summed E-state index contributed by atoms with van der Waals surface area (Å²) in [5.41, 5.74) is 4.41. The molecule has 0 radical (unpaired) electrons. The Balaban J connectivity index is 1.17. The molecule has 0 aliphatic heterocycles. The number of rotatable bonds is 9. The zero-order chi connectivity index (χ0) is 24.1. The van der Waals surface area contributed by atoms with Crippen LogP contribution >= 0.6 is 0 Å². The van der Waals surface area contributed by atoms with E-state index in [1.54, 1.807) is 0 Å². The van der Waals surface area contributed by atoms with Crippen LogP contribution < -0.4 is 10.6 Å². The number of nitrogens with zero attached hydrogens (tertiary/aromatic N) is 2. The largest absolute Gasteiger partial charge is 0.476 e. The summed E-state index contributed by atoms with van der Waals surface area (Å²) >= 11 is 0. The lowest BCUT2D eigenvalue weighted by Crippen LogP contribution is -2.30. The van der Waals surface area contributed by atoms with Gasteiger partial charge in [-0.2, -0.15) is 5.10 Å². The Morgan fingerprint density at radius 2 is 1.71 bits per heavy atom. The van der Waals surface area contributed by atoms with E-state index in [2.05, 4.69) is 27.9 Å². The first-order valence-corrected chi connectivity index (χ1v) is 10.7. The molecule has 0 unspecified atom stereocenters. The van der Waals surface area contributed by atoms with E-state index < -0.39 is 18.0 Å². The normalized spacial score (nSPS) is 12.0. The quantitative estimate of drug-likeness (QED) is 0.415. The smallest absolute Gasteiger partial charge is 0.407 e. The van der Waals surface area contributed by atoms with Crippen molar-refractivity contribution in [1.82, 2.24) is 15.1 Å². The average Bonchev–Trinajstić information content (AvgIpc) is 3.35. The highest BCUT2D eigenvalue weighted by Gasteiger charge is 2.28. The van der Waals surface area contributed by atoms with E-state index in [9.17, 15) is 14.4 Å². The van der Waals surface area contributed by atoms with Crippen molar-refractivity contribution in [1.29, 1.82) is 0 Å². The summed E-state index contributed by atoms with van der Waals surface area (Å²) in [7, 11) is 1.52. The van der Waals surface area contributed by atoms with Crippen molar-refractivity contribution in [3.05, 3.63) is 71.4 Å². The first kappa shape index (κ1) is 23.0. The molecule has 0 bridgehead atoms. The molecular formula is C24H24N4O6. The number of nitrogens with one attached hydrogen (secondary N) is 2. The van der Waals surface area contributed by atoms with Gasteiger partial charge in [0.05, 0.1) is 6.61 Å². The first-order valence-electron chi connectivity index (χ1n) is 10.7. The van der Waals surface area contributed by atoms with Gasteiger partial charge < -0.3 is 25.2 Å². The van der Waals surface area contributed by atoms with Gasteiger partial charge >= 0.3 is 12.1 Å². The minimum Gasteiger partial charge on any atom is -0.476 e. The first-order chi connectivity index (χ1) is 16.4.